The molecule has 2 fully saturated rings. The fourth-order valence-electron chi connectivity index (χ4n) is 5.14. The molecule has 0 radical (unpaired) electrons. The van der Waals surface area contributed by atoms with E-state index in [2.05, 4.69) is 10.2 Å². The van der Waals surface area contributed by atoms with Gasteiger partial charge in [-0.15, -0.1) is 0 Å². The van der Waals surface area contributed by atoms with Crippen LogP contribution in [0, 0.1) is 0 Å². The molecule has 184 valence electrons. The fourth-order valence-corrected chi connectivity index (χ4v) is 7.02. The molecular weight excluding hydrogens is 483 g/mol. The van der Waals surface area contributed by atoms with Crippen LogP contribution in [0.5, 0.6) is 0 Å². The van der Waals surface area contributed by atoms with Gasteiger partial charge < -0.3 is 15.3 Å². The monoisotopic (exact) mass is 511 g/mol. The van der Waals surface area contributed by atoms with Crippen molar-refractivity contribution in [1.82, 2.24) is 4.98 Å². The van der Waals surface area contributed by atoms with E-state index in [1.54, 1.807) is 12.1 Å². The lowest BCUT2D eigenvalue weighted by molar-refractivity contribution is -0.0328. The highest BCUT2D eigenvalue weighted by molar-refractivity contribution is 8.00. The zero-order valence-corrected chi connectivity index (χ0v) is 20.4. The van der Waals surface area contributed by atoms with Crippen LogP contribution in [0.3, 0.4) is 0 Å². The molecule has 1 saturated heterocycles. The second-order valence-electron chi connectivity index (χ2n) is 9.40. The average Bonchev–Trinajstić information content (AvgIpc) is 3.17. The highest BCUT2D eigenvalue weighted by Crippen LogP contribution is 2.41. The van der Waals surface area contributed by atoms with E-state index >= 15 is 0 Å². The van der Waals surface area contributed by atoms with Gasteiger partial charge in [0, 0.05) is 36.2 Å². The number of aliphatic hydroxyl groups excluding tert-OH is 1. The van der Waals surface area contributed by atoms with Gasteiger partial charge in [-0.3, -0.25) is 4.21 Å². The maximum atomic E-state index is 12.6. The van der Waals surface area contributed by atoms with E-state index in [1.165, 1.54) is 0 Å². The van der Waals surface area contributed by atoms with Gasteiger partial charge in [0.25, 0.3) is 0 Å². The Balaban J connectivity index is 1.29. The lowest BCUT2D eigenvalue weighted by Crippen LogP contribution is -2.48. The molecule has 0 bridgehead atoms. The zero-order valence-electron chi connectivity index (χ0n) is 18.7. The van der Waals surface area contributed by atoms with Crippen LogP contribution in [0.15, 0.2) is 40.1 Å². The number of nitrogens with one attached hydrogen (secondary N) is 1. The maximum absolute atomic E-state index is 12.6. The summed E-state index contributed by atoms with van der Waals surface area (Å²) < 4.78 is 50.4. The lowest BCUT2D eigenvalue weighted by Gasteiger charge is -2.42. The summed E-state index contributed by atoms with van der Waals surface area (Å²) in [6.45, 7) is 1.64. The first-order valence-electron chi connectivity index (χ1n) is 11.7. The lowest BCUT2D eigenvalue weighted by atomic mass is 9.77. The van der Waals surface area contributed by atoms with Gasteiger partial charge in [-0.1, -0.05) is 12.1 Å². The van der Waals surface area contributed by atoms with Crippen LogP contribution >= 0.6 is 11.8 Å². The van der Waals surface area contributed by atoms with E-state index in [4.69, 9.17) is 4.98 Å². The van der Waals surface area contributed by atoms with Gasteiger partial charge in [0.1, 0.15) is 5.82 Å². The van der Waals surface area contributed by atoms with Gasteiger partial charge in [0.2, 0.25) is 0 Å². The molecule has 5 rings (SSSR count). The summed E-state index contributed by atoms with van der Waals surface area (Å²) in [6.07, 6.45) is 5.33. The van der Waals surface area contributed by atoms with Crippen molar-refractivity contribution in [2.75, 3.05) is 35.7 Å². The SMILES string of the molecule is O=S1CCc2nc(N3CCC(c4ccc(SC(F)(F)F)cc4)CC3)cc(NC3(CO)CCC3)c21. The maximum Gasteiger partial charge on any atom is 0.446 e. The Morgan fingerprint density at radius 3 is 2.50 bits per heavy atom. The van der Waals surface area contributed by atoms with E-state index in [-0.39, 0.29) is 28.8 Å². The fraction of sp³-hybridized carbons (Fsp3) is 0.542. The van der Waals surface area contributed by atoms with Crippen molar-refractivity contribution in [3.05, 3.63) is 41.6 Å². The Hall–Kier alpha value is -1.78. The molecule has 1 saturated carbocycles. The standard InChI is InChI=1S/C24H28F3N3O2S2/c25-24(26,27)33-18-4-2-16(3-5-18)17-6-11-30(12-7-17)21-14-20(29-23(15-31)9-1-10-23)22-19(28-21)8-13-34(22)32/h2-5,14,17,31H,1,6-13,15H2,(H,28,29). The van der Waals surface area contributed by atoms with Crippen LogP contribution in [0.4, 0.5) is 24.7 Å². The molecule has 10 heteroatoms. The summed E-state index contributed by atoms with van der Waals surface area (Å²) in [5.74, 6) is 1.74. The molecular formula is C24H28F3N3O2S2. The van der Waals surface area contributed by atoms with E-state index in [0.29, 0.717) is 18.1 Å². The second kappa shape index (κ2) is 9.35. The molecule has 1 aromatic heterocycles. The number of rotatable bonds is 6. The van der Waals surface area contributed by atoms with Crippen molar-refractivity contribution in [3.8, 4) is 0 Å². The van der Waals surface area contributed by atoms with Gasteiger partial charge in [-0.2, -0.15) is 13.2 Å². The number of pyridine rings is 1. The first kappa shape index (κ1) is 23.9. The number of anilines is 2. The van der Waals surface area contributed by atoms with Crippen molar-refractivity contribution in [2.45, 2.75) is 65.3 Å². The quantitative estimate of drug-likeness (QED) is 0.528. The summed E-state index contributed by atoms with van der Waals surface area (Å²) in [7, 11) is -1.07. The summed E-state index contributed by atoms with van der Waals surface area (Å²) in [5.41, 5.74) is -1.82. The Morgan fingerprint density at radius 2 is 1.91 bits per heavy atom. The third kappa shape index (κ3) is 4.95. The molecule has 2 N–H and O–H groups in total. The molecule has 2 aliphatic heterocycles. The van der Waals surface area contributed by atoms with Gasteiger partial charge in [-0.05, 0) is 67.5 Å². The number of hydrogen-bond donors (Lipinski definition) is 2. The minimum atomic E-state index is -4.27. The minimum absolute atomic E-state index is 0.0533. The topological polar surface area (TPSA) is 65.5 Å². The van der Waals surface area contributed by atoms with E-state index in [9.17, 15) is 22.5 Å². The zero-order chi connectivity index (χ0) is 23.9. The minimum Gasteiger partial charge on any atom is -0.394 e. The summed E-state index contributed by atoms with van der Waals surface area (Å²) in [4.78, 5) is 8.09. The highest BCUT2D eigenvalue weighted by atomic mass is 32.2. The Kier molecular flexibility index (Phi) is 6.58. The third-order valence-corrected chi connectivity index (χ3v) is 9.42. The second-order valence-corrected chi connectivity index (χ2v) is 12.0. The number of piperidine rings is 1. The largest absolute Gasteiger partial charge is 0.446 e. The Labute approximate surface area is 204 Å². The molecule has 1 aromatic carbocycles. The van der Waals surface area contributed by atoms with Crippen molar-refractivity contribution in [1.29, 1.82) is 0 Å². The number of fused-ring (bicyclic) bond motifs is 1. The first-order valence-corrected chi connectivity index (χ1v) is 13.8. The number of aliphatic hydroxyl groups is 1. The number of aromatic nitrogens is 1. The molecule has 1 atom stereocenters. The molecule has 34 heavy (non-hydrogen) atoms. The van der Waals surface area contributed by atoms with E-state index in [0.717, 1.165) is 72.9 Å². The van der Waals surface area contributed by atoms with Gasteiger partial charge in [0.05, 0.1) is 39.2 Å². The predicted octanol–water partition coefficient (Wildman–Crippen LogP) is 5.07. The average molecular weight is 512 g/mol. The number of alkyl halides is 3. The van der Waals surface area contributed by atoms with E-state index in [1.807, 2.05) is 18.2 Å². The van der Waals surface area contributed by atoms with E-state index < -0.39 is 16.3 Å². The van der Waals surface area contributed by atoms with Crippen molar-refractivity contribution in [3.63, 3.8) is 0 Å². The van der Waals surface area contributed by atoms with Crippen molar-refractivity contribution >= 4 is 34.1 Å². The third-order valence-electron chi connectivity index (χ3n) is 7.20. The highest BCUT2D eigenvalue weighted by Gasteiger charge is 2.38. The summed E-state index contributed by atoms with van der Waals surface area (Å²) in [6, 6.07) is 8.72. The van der Waals surface area contributed by atoms with Gasteiger partial charge in [0.15, 0.2) is 0 Å². The first-order chi connectivity index (χ1) is 16.3. The summed E-state index contributed by atoms with van der Waals surface area (Å²) >= 11 is -0.0838. The van der Waals surface area contributed by atoms with Crippen LogP contribution in [0.25, 0.3) is 0 Å². The number of benzene rings is 1. The molecule has 0 spiro atoms. The molecule has 1 aliphatic carbocycles. The van der Waals surface area contributed by atoms with Gasteiger partial charge >= 0.3 is 5.51 Å². The molecule has 1 unspecified atom stereocenters. The smallest absolute Gasteiger partial charge is 0.394 e. The van der Waals surface area contributed by atoms with Crippen molar-refractivity contribution < 1.29 is 22.5 Å². The number of hydrogen-bond acceptors (Lipinski definition) is 6. The molecule has 3 heterocycles. The number of aryl methyl sites for hydroxylation is 1. The molecule has 0 amide bonds. The van der Waals surface area contributed by atoms with Gasteiger partial charge in [-0.25, -0.2) is 4.98 Å². The van der Waals surface area contributed by atoms with Crippen LogP contribution in [-0.4, -0.2) is 50.8 Å². The Morgan fingerprint density at radius 1 is 1.21 bits per heavy atom. The van der Waals surface area contributed by atoms with Crippen LogP contribution in [0.1, 0.15) is 49.3 Å². The van der Waals surface area contributed by atoms with Crippen LogP contribution in [0.2, 0.25) is 0 Å². The van der Waals surface area contributed by atoms with Crippen LogP contribution < -0.4 is 10.2 Å². The normalized spacial score (nSPS) is 22.4. The number of nitrogens with zero attached hydrogens (tertiary/aromatic N) is 2. The molecule has 3 aliphatic rings. The van der Waals surface area contributed by atoms with Crippen LogP contribution in [-0.2, 0) is 17.2 Å². The molecule has 5 nitrogen and oxygen atoms in total. The summed E-state index contributed by atoms with van der Waals surface area (Å²) in [5, 5.41) is 13.4. The predicted molar refractivity (Wildman–Crippen MR) is 129 cm³/mol. The number of thioether (sulfide) groups is 1. The Bertz CT molecular complexity index is 1060. The number of halogens is 3. The molecule has 2 aromatic rings. The van der Waals surface area contributed by atoms with Crippen molar-refractivity contribution in [2.24, 2.45) is 0 Å².